The van der Waals surface area contributed by atoms with Gasteiger partial charge in [-0.25, -0.2) is 4.98 Å². The van der Waals surface area contributed by atoms with Crippen LogP contribution in [0.25, 0.3) is 21.7 Å². The SMILES string of the molecule is Nc1c#cc2c(c1)nc(Nc1ccccc1)c1ccccc12. The van der Waals surface area contributed by atoms with Gasteiger partial charge in [0.2, 0.25) is 0 Å². The van der Waals surface area contributed by atoms with Gasteiger partial charge in [0.25, 0.3) is 0 Å². The molecule has 0 radical (unpaired) electrons. The van der Waals surface area contributed by atoms with E-state index in [2.05, 4.69) is 29.6 Å². The van der Waals surface area contributed by atoms with Gasteiger partial charge in [0, 0.05) is 16.5 Å². The van der Waals surface area contributed by atoms with Crippen LogP contribution in [0.15, 0.2) is 60.7 Å². The Hall–Kier alpha value is -3.25. The number of nitrogens with two attached hydrogens (primary N) is 1. The first kappa shape index (κ1) is 12.5. The van der Waals surface area contributed by atoms with Crippen molar-refractivity contribution in [2.45, 2.75) is 0 Å². The molecule has 0 aliphatic rings. The smallest absolute Gasteiger partial charge is 0.139 e. The molecule has 0 atom stereocenters. The summed E-state index contributed by atoms with van der Waals surface area (Å²) in [6, 6.07) is 26.0. The number of hydrogen-bond donors (Lipinski definition) is 2. The highest BCUT2D eigenvalue weighted by Gasteiger charge is 2.08. The fraction of sp³-hybridized carbons (Fsp3) is 0. The van der Waals surface area contributed by atoms with Crippen molar-refractivity contribution >= 4 is 38.9 Å². The molecule has 0 bridgehead atoms. The zero-order valence-electron chi connectivity index (χ0n) is 11.8. The van der Waals surface area contributed by atoms with E-state index in [1.54, 1.807) is 0 Å². The molecule has 22 heavy (non-hydrogen) atoms. The van der Waals surface area contributed by atoms with Crippen molar-refractivity contribution in [1.29, 1.82) is 0 Å². The van der Waals surface area contributed by atoms with Crippen LogP contribution in [0.2, 0.25) is 0 Å². The number of hydrogen-bond acceptors (Lipinski definition) is 3. The molecule has 3 heteroatoms. The Kier molecular flexibility index (Phi) is 2.80. The second kappa shape index (κ2) is 4.94. The van der Waals surface area contributed by atoms with E-state index in [9.17, 15) is 0 Å². The summed E-state index contributed by atoms with van der Waals surface area (Å²) in [4.78, 5) is 4.72. The number of fused-ring (bicyclic) bond motifs is 3. The average molecular weight is 283 g/mol. The maximum Gasteiger partial charge on any atom is 0.139 e. The molecule has 4 rings (SSSR count). The van der Waals surface area contributed by atoms with E-state index in [1.165, 1.54) is 0 Å². The zero-order valence-corrected chi connectivity index (χ0v) is 11.8. The molecule has 1 heterocycles. The van der Waals surface area contributed by atoms with Crippen LogP contribution in [-0.2, 0) is 0 Å². The minimum absolute atomic E-state index is 0.543. The molecular weight excluding hydrogens is 270 g/mol. The van der Waals surface area contributed by atoms with Crippen LogP contribution in [0.3, 0.4) is 0 Å². The molecular formula is C19H13N3. The molecule has 3 N–H and O–H groups in total. The maximum atomic E-state index is 5.82. The Labute approximate surface area is 128 Å². The summed E-state index contributed by atoms with van der Waals surface area (Å²) in [6.45, 7) is 0. The number of benzene rings is 2. The molecule has 0 saturated heterocycles. The molecule has 104 valence electrons. The standard InChI is InChI=1S/C19H13N3/c20-13-10-11-16-15-8-4-5-9-17(15)19(22-18(16)12-13)21-14-6-2-1-3-7-14/h1-9,12H,20H2,(H,21,22). The highest BCUT2D eigenvalue weighted by molar-refractivity contribution is 6.10. The predicted molar refractivity (Wildman–Crippen MR) is 91.1 cm³/mol. The summed E-state index contributed by atoms with van der Waals surface area (Å²) in [6.07, 6.45) is 0. The van der Waals surface area contributed by atoms with Gasteiger partial charge in [-0.3, -0.25) is 0 Å². The van der Waals surface area contributed by atoms with Crippen molar-refractivity contribution in [3.63, 3.8) is 0 Å². The van der Waals surface area contributed by atoms with E-state index >= 15 is 0 Å². The fourth-order valence-electron chi connectivity index (χ4n) is 2.59. The molecule has 0 aliphatic carbocycles. The van der Waals surface area contributed by atoms with Gasteiger partial charge in [-0.15, -0.1) is 0 Å². The first-order chi connectivity index (χ1) is 10.8. The molecule has 4 aromatic rings. The minimum Gasteiger partial charge on any atom is -0.392 e. The molecule has 0 saturated carbocycles. The van der Waals surface area contributed by atoms with Gasteiger partial charge < -0.3 is 11.1 Å². The maximum absolute atomic E-state index is 5.82. The van der Waals surface area contributed by atoms with Gasteiger partial charge >= 0.3 is 0 Å². The number of nitrogen functional groups attached to an aromatic ring is 1. The second-order valence-corrected chi connectivity index (χ2v) is 5.11. The summed E-state index contributed by atoms with van der Waals surface area (Å²) < 4.78 is 0. The number of anilines is 3. The predicted octanol–water partition coefficient (Wildman–Crippen LogP) is 4.31. The van der Waals surface area contributed by atoms with Gasteiger partial charge in [-0.2, -0.15) is 0 Å². The molecule has 1 aromatic heterocycles. The van der Waals surface area contributed by atoms with Crippen LogP contribution in [0, 0.1) is 12.1 Å². The first-order valence-corrected chi connectivity index (χ1v) is 7.05. The summed E-state index contributed by atoms with van der Waals surface area (Å²) in [7, 11) is 0. The summed E-state index contributed by atoms with van der Waals surface area (Å²) in [5.74, 6) is 0.813. The van der Waals surface area contributed by atoms with E-state index in [0.29, 0.717) is 5.69 Å². The third kappa shape index (κ3) is 2.07. The third-order valence-corrected chi connectivity index (χ3v) is 3.60. The lowest BCUT2D eigenvalue weighted by Crippen LogP contribution is -1.96. The fourth-order valence-corrected chi connectivity index (χ4v) is 2.59. The molecule has 0 fully saturated rings. The summed E-state index contributed by atoms with van der Waals surface area (Å²) >= 11 is 0. The van der Waals surface area contributed by atoms with Crippen LogP contribution in [0.4, 0.5) is 17.2 Å². The van der Waals surface area contributed by atoms with Crippen molar-refractivity contribution in [2.24, 2.45) is 0 Å². The third-order valence-electron chi connectivity index (χ3n) is 3.60. The van der Waals surface area contributed by atoms with Crippen LogP contribution in [0.1, 0.15) is 0 Å². The van der Waals surface area contributed by atoms with Gasteiger partial charge in [-0.1, -0.05) is 48.5 Å². The van der Waals surface area contributed by atoms with Gasteiger partial charge in [0.05, 0.1) is 16.6 Å². The average Bonchev–Trinajstić information content (AvgIpc) is 2.56. The number of nitrogens with zero attached hydrogens (tertiary/aromatic N) is 1. The lowest BCUT2D eigenvalue weighted by atomic mass is 10.1. The number of aromatic nitrogens is 1. The molecule has 0 aliphatic heterocycles. The molecule has 3 aromatic carbocycles. The molecule has 3 nitrogen and oxygen atoms in total. The summed E-state index contributed by atoms with van der Waals surface area (Å²) in [5.41, 5.74) is 8.18. The van der Waals surface area contributed by atoms with Gasteiger partial charge in [0.1, 0.15) is 5.82 Å². The number of nitrogens with one attached hydrogen (secondary N) is 1. The highest BCUT2D eigenvalue weighted by Crippen LogP contribution is 2.30. The minimum atomic E-state index is 0.543. The van der Waals surface area contributed by atoms with Crippen LogP contribution in [-0.4, -0.2) is 4.98 Å². The lowest BCUT2D eigenvalue weighted by Gasteiger charge is -2.10. The van der Waals surface area contributed by atoms with Crippen molar-refractivity contribution in [1.82, 2.24) is 4.98 Å². The zero-order chi connectivity index (χ0) is 14.9. The largest absolute Gasteiger partial charge is 0.392 e. The topological polar surface area (TPSA) is 50.9 Å². The van der Waals surface area contributed by atoms with Crippen LogP contribution >= 0.6 is 0 Å². The number of para-hydroxylation sites is 1. The second-order valence-electron chi connectivity index (χ2n) is 5.11. The lowest BCUT2D eigenvalue weighted by molar-refractivity contribution is 1.40. The highest BCUT2D eigenvalue weighted by atomic mass is 15.0. The normalized spacial score (nSPS) is 10.5. The first-order valence-electron chi connectivity index (χ1n) is 7.05. The Balaban J connectivity index is 1.99. The van der Waals surface area contributed by atoms with Crippen molar-refractivity contribution in [3.05, 3.63) is 72.8 Å². The van der Waals surface area contributed by atoms with Crippen molar-refractivity contribution in [3.8, 4) is 0 Å². The number of rotatable bonds is 2. The van der Waals surface area contributed by atoms with Gasteiger partial charge in [-0.05, 0) is 24.3 Å². The van der Waals surface area contributed by atoms with Crippen molar-refractivity contribution in [2.75, 3.05) is 11.1 Å². The number of pyridine rings is 1. The van der Waals surface area contributed by atoms with E-state index in [4.69, 9.17) is 10.7 Å². The monoisotopic (exact) mass is 283 g/mol. The Bertz CT molecular complexity index is 962. The van der Waals surface area contributed by atoms with E-state index < -0.39 is 0 Å². The molecule has 0 amide bonds. The summed E-state index contributed by atoms with van der Waals surface area (Å²) in [5, 5.41) is 6.45. The van der Waals surface area contributed by atoms with Crippen molar-refractivity contribution < 1.29 is 0 Å². The Morgan fingerprint density at radius 2 is 1.59 bits per heavy atom. The van der Waals surface area contributed by atoms with E-state index in [1.807, 2.05) is 48.5 Å². The Morgan fingerprint density at radius 1 is 0.864 bits per heavy atom. The Morgan fingerprint density at radius 3 is 2.41 bits per heavy atom. The van der Waals surface area contributed by atoms with Crippen LogP contribution < -0.4 is 11.1 Å². The van der Waals surface area contributed by atoms with Gasteiger partial charge in [0.15, 0.2) is 0 Å². The van der Waals surface area contributed by atoms with E-state index in [0.717, 1.165) is 33.2 Å². The van der Waals surface area contributed by atoms with E-state index in [-0.39, 0.29) is 0 Å². The molecule has 0 unspecified atom stereocenters. The molecule has 0 spiro atoms. The quantitative estimate of drug-likeness (QED) is 0.576. The van der Waals surface area contributed by atoms with Crippen LogP contribution in [0.5, 0.6) is 0 Å².